The Labute approximate surface area is 223 Å². The first kappa shape index (κ1) is 27.5. The fourth-order valence-electron chi connectivity index (χ4n) is 5.26. The smallest absolute Gasteiger partial charge is 0.319 e. The summed E-state index contributed by atoms with van der Waals surface area (Å²) in [6, 6.07) is 23.0. The number of piperidine rings is 1. The highest BCUT2D eigenvalue weighted by molar-refractivity contribution is 5.96. The van der Waals surface area contributed by atoms with Gasteiger partial charge in [0.05, 0.1) is 5.60 Å². The lowest BCUT2D eigenvalue weighted by atomic mass is 9.84. The zero-order chi connectivity index (χ0) is 27.1. The van der Waals surface area contributed by atoms with Gasteiger partial charge in [0.25, 0.3) is 0 Å². The molecule has 4 rings (SSSR count). The molecule has 1 saturated heterocycles. The van der Waals surface area contributed by atoms with Gasteiger partial charge in [-0.25, -0.2) is 9.18 Å². The van der Waals surface area contributed by atoms with Gasteiger partial charge in [-0.3, -0.25) is 9.69 Å². The molecule has 0 radical (unpaired) electrons. The van der Waals surface area contributed by atoms with Crippen LogP contribution >= 0.6 is 0 Å². The standard InChI is InChI=1S/C31H36FN3O3/c1-22-17-27(25-11-13-28(32)14-12-25)15-16-35(22)21-31(38,19-24-7-4-3-5-8-24)20-33-30(37)34-29-10-6-9-26(18-29)23(2)36/h3-14,18,22,27,38H,15-17,19-21H2,1-2H3,(H2,33,34,37)/t22?,27?,31-/m1/s1. The highest BCUT2D eigenvalue weighted by atomic mass is 19.1. The second-order valence-corrected chi connectivity index (χ2v) is 10.4. The normalized spacial score (nSPS) is 19.4. The number of rotatable bonds is 9. The molecule has 1 fully saturated rings. The number of benzene rings is 3. The first-order chi connectivity index (χ1) is 18.2. The molecule has 38 heavy (non-hydrogen) atoms. The second-order valence-electron chi connectivity index (χ2n) is 10.4. The number of carbonyl (C=O) groups is 2. The topological polar surface area (TPSA) is 81.7 Å². The van der Waals surface area contributed by atoms with E-state index in [0.29, 0.717) is 30.1 Å². The molecule has 3 aromatic carbocycles. The molecule has 1 aliphatic heterocycles. The monoisotopic (exact) mass is 517 g/mol. The fraction of sp³-hybridized carbons (Fsp3) is 0.355. The number of likely N-dealkylation sites (tertiary alicyclic amines) is 1. The Balaban J connectivity index is 1.41. The van der Waals surface area contributed by atoms with Crippen LogP contribution in [-0.2, 0) is 6.42 Å². The largest absolute Gasteiger partial charge is 0.386 e. The minimum Gasteiger partial charge on any atom is -0.386 e. The highest BCUT2D eigenvalue weighted by Gasteiger charge is 2.35. The average molecular weight is 518 g/mol. The first-order valence-electron chi connectivity index (χ1n) is 13.1. The molecule has 0 aromatic heterocycles. The van der Waals surface area contributed by atoms with Gasteiger partial charge in [-0.15, -0.1) is 0 Å². The Kier molecular flexibility index (Phi) is 8.92. The maximum absolute atomic E-state index is 13.4. The summed E-state index contributed by atoms with van der Waals surface area (Å²) in [5.41, 5.74) is 1.96. The third kappa shape index (κ3) is 7.49. The van der Waals surface area contributed by atoms with Crippen molar-refractivity contribution in [1.82, 2.24) is 10.2 Å². The maximum Gasteiger partial charge on any atom is 0.319 e. The van der Waals surface area contributed by atoms with Crippen molar-refractivity contribution in [3.8, 4) is 0 Å². The Morgan fingerprint density at radius 3 is 2.47 bits per heavy atom. The summed E-state index contributed by atoms with van der Waals surface area (Å²) in [7, 11) is 0. The third-order valence-corrected chi connectivity index (χ3v) is 7.33. The van der Waals surface area contributed by atoms with Crippen LogP contribution in [0.5, 0.6) is 0 Å². The van der Waals surface area contributed by atoms with E-state index < -0.39 is 11.6 Å². The van der Waals surface area contributed by atoms with E-state index in [9.17, 15) is 19.1 Å². The molecule has 2 unspecified atom stereocenters. The number of hydrogen-bond acceptors (Lipinski definition) is 4. The quantitative estimate of drug-likeness (QED) is 0.333. The minimum absolute atomic E-state index is 0.0603. The van der Waals surface area contributed by atoms with Gasteiger partial charge >= 0.3 is 6.03 Å². The number of halogens is 1. The van der Waals surface area contributed by atoms with Gasteiger partial charge < -0.3 is 15.7 Å². The number of carbonyl (C=O) groups excluding carboxylic acids is 2. The van der Waals surface area contributed by atoms with Crippen LogP contribution in [0.1, 0.15) is 54.1 Å². The fourth-order valence-corrected chi connectivity index (χ4v) is 5.26. The van der Waals surface area contributed by atoms with Gasteiger partial charge in [0.2, 0.25) is 0 Å². The van der Waals surface area contributed by atoms with E-state index in [1.54, 1.807) is 24.3 Å². The number of nitrogens with zero attached hydrogens (tertiary/aromatic N) is 1. The Morgan fingerprint density at radius 1 is 1.05 bits per heavy atom. The predicted octanol–water partition coefficient (Wildman–Crippen LogP) is 5.39. The van der Waals surface area contributed by atoms with Crippen molar-refractivity contribution in [3.63, 3.8) is 0 Å². The van der Waals surface area contributed by atoms with Crippen molar-refractivity contribution >= 4 is 17.5 Å². The summed E-state index contributed by atoms with van der Waals surface area (Å²) in [5, 5.41) is 17.4. The SMILES string of the molecule is CC(=O)c1cccc(NC(=O)NC[C@](O)(Cc2ccccc2)CN2CCC(c3ccc(F)cc3)CC2C)c1. The van der Waals surface area contributed by atoms with Crippen LogP contribution in [0.2, 0.25) is 0 Å². The molecule has 7 heteroatoms. The molecule has 2 amide bonds. The van der Waals surface area contributed by atoms with E-state index in [2.05, 4.69) is 22.5 Å². The molecular formula is C31H36FN3O3. The number of nitrogens with one attached hydrogen (secondary N) is 2. The van der Waals surface area contributed by atoms with Crippen LogP contribution in [0.25, 0.3) is 0 Å². The lowest BCUT2D eigenvalue weighted by Crippen LogP contribution is -2.55. The van der Waals surface area contributed by atoms with E-state index in [4.69, 9.17) is 0 Å². The molecule has 0 aliphatic carbocycles. The summed E-state index contributed by atoms with van der Waals surface area (Å²) < 4.78 is 13.4. The molecule has 0 bridgehead atoms. The molecule has 1 heterocycles. The van der Waals surface area contributed by atoms with Crippen molar-refractivity contribution in [2.75, 3.05) is 25.0 Å². The lowest BCUT2D eigenvalue weighted by Gasteiger charge is -2.42. The van der Waals surface area contributed by atoms with Crippen molar-refractivity contribution in [2.24, 2.45) is 0 Å². The zero-order valence-electron chi connectivity index (χ0n) is 22.0. The van der Waals surface area contributed by atoms with E-state index in [0.717, 1.165) is 30.5 Å². The zero-order valence-corrected chi connectivity index (χ0v) is 22.0. The molecule has 0 saturated carbocycles. The Morgan fingerprint density at radius 2 is 1.79 bits per heavy atom. The number of aliphatic hydroxyl groups is 1. The lowest BCUT2D eigenvalue weighted by molar-refractivity contribution is -0.0136. The van der Waals surface area contributed by atoms with Crippen LogP contribution in [0, 0.1) is 5.82 Å². The van der Waals surface area contributed by atoms with Gasteiger partial charge in [-0.2, -0.15) is 0 Å². The molecule has 200 valence electrons. The molecular weight excluding hydrogens is 481 g/mol. The summed E-state index contributed by atoms with van der Waals surface area (Å²) in [6.45, 7) is 4.89. The van der Waals surface area contributed by atoms with E-state index in [1.807, 2.05) is 42.5 Å². The van der Waals surface area contributed by atoms with Crippen LogP contribution in [0.4, 0.5) is 14.9 Å². The van der Waals surface area contributed by atoms with Crippen molar-refractivity contribution < 1.29 is 19.1 Å². The number of hydrogen-bond donors (Lipinski definition) is 3. The molecule has 6 nitrogen and oxygen atoms in total. The number of urea groups is 1. The van der Waals surface area contributed by atoms with Crippen LogP contribution < -0.4 is 10.6 Å². The number of ketones is 1. The van der Waals surface area contributed by atoms with E-state index >= 15 is 0 Å². The van der Waals surface area contributed by atoms with Gasteiger partial charge in [-0.05, 0) is 74.5 Å². The van der Waals surface area contributed by atoms with E-state index in [1.165, 1.54) is 19.1 Å². The summed E-state index contributed by atoms with van der Waals surface area (Å²) in [6.07, 6.45) is 2.21. The molecule has 0 spiro atoms. The van der Waals surface area contributed by atoms with Gasteiger partial charge in [0.1, 0.15) is 5.82 Å². The summed E-state index contributed by atoms with van der Waals surface area (Å²) in [5.74, 6) is 0.0376. The molecule has 1 aliphatic rings. The Bertz CT molecular complexity index is 1230. The van der Waals surface area contributed by atoms with Gasteiger partial charge in [-0.1, -0.05) is 54.6 Å². The minimum atomic E-state index is -1.20. The molecule has 3 N–H and O–H groups in total. The van der Waals surface area contributed by atoms with Crippen LogP contribution in [0.15, 0.2) is 78.9 Å². The number of amides is 2. The highest BCUT2D eigenvalue weighted by Crippen LogP contribution is 2.32. The van der Waals surface area contributed by atoms with E-state index in [-0.39, 0.29) is 24.2 Å². The Hall–Kier alpha value is -3.55. The van der Waals surface area contributed by atoms with Crippen molar-refractivity contribution in [2.45, 2.75) is 50.7 Å². The number of anilines is 1. The predicted molar refractivity (Wildman–Crippen MR) is 148 cm³/mol. The first-order valence-corrected chi connectivity index (χ1v) is 13.1. The maximum atomic E-state index is 13.4. The second kappa shape index (κ2) is 12.3. The third-order valence-electron chi connectivity index (χ3n) is 7.33. The molecule has 3 aromatic rings. The van der Waals surface area contributed by atoms with Crippen LogP contribution in [-0.4, -0.2) is 53.1 Å². The van der Waals surface area contributed by atoms with Gasteiger partial charge in [0, 0.05) is 36.8 Å². The summed E-state index contributed by atoms with van der Waals surface area (Å²) in [4.78, 5) is 26.7. The number of β-amino-alcohol motifs (C(OH)–C–C–N with tert-alkyl or cyclic N) is 1. The average Bonchev–Trinajstić information content (AvgIpc) is 2.90. The molecule has 3 atom stereocenters. The van der Waals surface area contributed by atoms with Gasteiger partial charge in [0.15, 0.2) is 5.78 Å². The van der Waals surface area contributed by atoms with Crippen molar-refractivity contribution in [1.29, 1.82) is 0 Å². The van der Waals surface area contributed by atoms with Crippen LogP contribution in [0.3, 0.4) is 0 Å². The summed E-state index contributed by atoms with van der Waals surface area (Å²) >= 11 is 0. The van der Waals surface area contributed by atoms with Crippen molar-refractivity contribution in [3.05, 3.63) is 101 Å². The number of Topliss-reactive ketones (excluding diaryl/α,β-unsaturated/α-hetero) is 1.